The van der Waals surface area contributed by atoms with Crippen LogP contribution in [0.4, 0.5) is 0 Å². The van der Waals surface area contributed by atoms with Crippen LogP contribution in [-0.2, 0) is 6.42 Å². The summed E-state index contributed by atoms with van der Waals surface area (Å²) >= 11 is 0. The molecule has 3 aromatic carbocycles. The minimum Gasteiger partial charge on any atom is -0.508 e. The molecule has 0 fully saturated rings. The van der Waals surface area contributed by atoms with Gasteiger partial charge in [-0.25, -0.2) is 0 Å². The van der Waals surface area contributed by atoms with E-state index in [4.69, 9.17) is 0 Å². The van der Waals surface area contributed by atoms with Crippen molar-refractivity contribution in [3.63, 3.8) is 0 Å². The summed E-state index contributed by atoms with van der Waals surface area (Å²) in [6.45, 7) is -0.142. The van der Waals surface area contributed by atoms with E-state index in [1.807, 2.05) is 54.7 Å². The third kappa shape index (κ3) is 4.15. The van der Waals surface area contributed by atoms with E-state index in [0.717, 1.165) is 27.6 Å². The van der Waals surface area contributed by atoms with Crippen LogP contribution in [0.25, 0.3) is 22.0 Å². The number of nitrogens with one attached hydrogen (secondary N) is 2. The number of carbonyl (C=O) groups is 1. The van der Waals surface area contributed by atoms with Crippen molar-refractivity contribution in [1.82, 2.24) is 10.3 Å². The normalized spacial score (nSPS) is 12.0. The number of aliphatic hydroxyl groups is 1. The zero-order chi connectivity index (χ0) is 20.2. The Bertz CT molecular complexity index is 1120. The number of phenolic OH excluding ortho intramolecular Hbond substituents is 1. The summed E-state index contributed by atoms with van der Waals surface area (Å²) in [4.78, 5) is 15.9. The van der Waals surface area contributed by atoms with Gasteiger partial charge in [0.2, 0.25) is 0 Å². The molecule has 1 unspecified atom stereocenters. The number of amides is 1. The Morgan fingerprint density at radius 1 is 0.931 bits per heavy atom. The Morgan fingerprint density at radius 2 is 1.59 bits per heavy atom. The van der Waals surface area contributed by atoms with Crippen LogP contribution in [0, 0.1) is 0 Å². The number of para-hydroxylation sites is 1. The van der Waals surface area contributed by atoms with E-state index in [9.17, 15) is 15.0 Å². The molecule has 1 aromatic heterocycles. The summed E-state index contributed by atoms with van der Waals surface area (Å²) in [5.74, 6) is -0.00357. The second-order valence-corrected chi connectivity index (χ2v) is 7.04. The van der Waals surface area contributed by atoms with Gasteiger partial charge < -0.3 is 20.5 Å². The molecule has 1 heterocycles. The van der Waals surface area contributed by atoms with Crippen LogP contribution < -0.4 is 5.32 Å². The molecule has 0 saturated heterocycles. The molecular formula is C24H22N2O3. The van der Waals surface area contributed by atoms with E-state index >= 15 is 0 Å². The maximum atomic E-state index is 12.6. The number of H-pyrrole nitrogens is 1. The summed E-state index contributed by atoms with van der Waals surface area (Å²) in [5.41, 5.74) is 4.55. The number of aromatic hydroxyl groups is 1. The topological polar surface area (TPSA) is 85.4 Å². The number of phenols is 1. The molecule has 5 nitrogen and oxygen atoms in total. The van der Waals surface area contributed by atoms with Crippen molar-refractivity contribution in [3.8, 4) is 16.9 Å². The Kier molecular flexibility index (Phi) is 5.31. The summed E-state index contributed by atoms with van der Waals surface area (Å²) < 4.78 is 0. The van der Waals surface area contributed by atoms with E-state index in [0.29, 0.717) is 12.0 Å². The zero-order valence-corrected chi connectivity index (χ0v) is 15.8. The van der Waals surface area contributed by atoms with Gasteiger partial charge in [-0.1, -0.05) is 42.5 Å². The highest BCUT2D eigenvalue weighted by atomic mass is 16.3. The van der Waals surface area contributed by atoms with Crippen LogP contribution in [0.15, 0.2) is 79.0 Å². The molecule has 0 aliphatic heterocycles. The first-order valence-electron chi connectivity index (χ1n) is 9.50. The zero-order valence-electron chi connectivity index (χ0n) is 15.8. The fourth-order valence-electron chi connectivity index (χ4n) is 3.46. The lowest BCUT2D eigenvalue weighted by atomic mass is 10.0. The first kappa shape index (κ1) is 18.8. The van der Waals surface area contributed by atoms with Crippen molar-refractivity contribution in [1.29, 1.82) is 0 Å². The molecule has 4 aromatic rings. The van der Waals surface area contributed by atoms with Crippen molar-refractivity contribution in [2.45, 2.75) is 12.5 Å². The van der Waals surface area contributed by atoms with Crippen LogP contribution in [0.3, 0.4) is 0 Å². The molecule has 4 N–H and O–H groups in total. The first-order chi connectivity index (χ1) is 14.1. The third-order valence-electron chi connectivity index (χ3n) is 5.04. The SMILES string of the molecule is O=C(NC(CO)Cc1c[nH]c2ccccc12)c1ccc(-c2ccc(O)cc2)cc1. The van der Waals surface area contributed by atoms with Crippen LogP contribution in [0.1, 0.15) is 15.9 Å². The number of fused-ring (bicyclic) bond motifs is 1. The monoisotopic (exact) mass is 386 g/mol. The first-order valence-corrected chi connectivity index (χ1v) is 9.50. The van der Waals surface area contributed by atoms with Crippen molar-refractivity contribution in [3.05, 3.63) is 90.1 Å². The number of aliphatic hydroxyl groups excluding tert-OH is 1. The average Bonchev–Trinajstić information content (AvgIpc) is 3.17. The molecule has 0 radical (unpaired) electrons. The second-order valence-electron chi connectivity index (χ2n) is 7.04. The Morgan fingerprint density at radius 3 is 2.28 bits per heavy atom. The highest BCUT2D eigenvalue weighted by molar-refractivity contribution is 5.95. The molecule has 0 saturated carbocycles. The number of rotatable bonds is 6. The Labute approximate surface area is 168 Å². The minimum absolute atomic E-state index is 0.142. The molecule has 4 rings (SSSR count). The van der Waals surface area contributed by atoms with Gasteiger partial charge in [0, 0.05) is 22.7 Å². The van der Waals surface area contributed by atoms with Crippen LogP contribution >= 0.6 is 0 Å². The molecule has 5 heteroatoms. The third-order valence-corrected chi connectivity index (χ3v) is 5.04. The fourth-order valence-corrected chi connectivity index (χ4v) is 3.46. The summed E-state index contributed by atoms with van der Waals surface area (Å²) in [6.07, 6.45) is 2.46. The number of benzene rings is 3. The molecule has 0 spiro atoms. The van der Waals surface area contributed by atoms with Gasteiger partial charge in [0.05, 0.1) is 12.6 Å². The molecule has 1 amide bonds. The maximum Gasteiger partial charge on any atom is 0.251 e. The number of hydrogen-bond acceptors (Lipinski definition) is 3. The van der Waals surface area contributed by atoms with Gasteiger partial charge in [0.15, 0.2) is 0 Å². The predicted molar refractivity (Wildman–Crippen MR) is 114 cm³/mol. The lowest BCUT2D eigenvalue weighted by Crippen LogP contribution is -2.39. The average molecular weight is 386 g/mol. The lowest BCUT2D eigenvalue weighted by Gasteiger charge is -2.16. The molecular weight excluding hydrogens is 364 g/mol. The quantitative estimate of drug-likeness (QED) is 0.406. The minimum atomic E-state index is -0.376. The molecule has 0 aliphatic carbocycles. The smallest absolute Gasteiger partial charge is 0.251 e. The maximum absolute atomic E-state index is 12.6. The summed E-state index contributed by atoms with van der Waals surface area (Å²) in [6, 6.07) is 21.8. The van der Waals surface area contributed by atoms with Gasteiger partial charge in [-0.15, -0.1) is 0 Å². The predicted octanol–water partition coefficient (Wildman–Crippen LogP) is 3.87. The Hall–Kier alpha value is -3.57. The van der Waals surface area contributed by atoms with Crippen molar-refractivity contribution in [2.75, 3.05) is 6.61 Å². The summed E-state index contributed by atoms with van der Waals surface area (Å²) in [5, 5.41) is 23.2. The lowest BCUT2D eigenvalue weighted by molar-refractivity contribution is 0.0916. The van der Waals surface area contributed by atoms with Gasteiger partial charge in [-0.05, 0) is 53.4 Å². The number of aromatic nitrogens is 1. The van der Waals surface area contributed by atoms with Gasteiger partial charge in [-0.2, -0.15) is 0 Å². The molecule has 1 atom stereocenters. The number of aromatic amines is 1. The highest BCUT2D eigenvalue weighted by Gasteiger charge is 2.16. The second kappa shape index (κ2) is 8.20. The van der Waals surface area contributed by atoms with Crippen LogP contribution in [0.2, 0.25) is 0 Å². The van der Waals surface area contributed by atoms with E-state index in [1.165, 1.54) is 0 Å². The van der Waals surface area contributed by atoms with Crippen molar-refractivity contribution < 1.29 is 15.0 Å². The molecule has 0 bridgehead atoms. The van der Waals surface area contributed by atoms with Crippen molar-refractivity contribution >= 4 is 16.8 Å². The fraction of sp³-hybridized carbons (Fsp3) is 0.125. The number of carbonyl (C=O) groups excluding carboxylic acids is 1. The van der Waals surface area contributed by atoms with Crippen LogP contribution in [-0.4, -0.2) is 33.8 Å². The molecule has 0 aliphatic rings. The van der Waals surface area contributed by atoms with Gasteiger partial charge >= 0.3 is 0 Å². The van der Waals surface area contributed by atoms with E-state index < -0.39 is 0 Å². The molecule has 146 valence electrons. The standard InChI is InChI=1S/C24H22N2O3/c27-15-20(13-19-14-25-23-4-2-1-3-22(19)23)26-24(29)18-7-5-16(6-8-18)17-9-11-21(28)12-10-17/h1-12,14,20,25,27-28H,13,15H2,(H,26,29). The van der Waals surface area contributed by atoms with E-state index in [2.05, 4.69) is 10.3 Å². The molecule has 29 heavy (non-hydrogen) atoms. The highest BCUT2D eigenvalue weighted by Crippen LogP contribution is 2.22. The van der Waals surface area contributed by atoms with E-state index in [1.54, 1.807) is 24.3 Å². The summed E-state index contributed by atoms with van der Waals surface area (Å²) in [7, 11) is 0. The van der Waals surface area contributed by atoms with E-state index in [-0.39, 0.29) is 24.3 Å². The van der Waals surface area contributed by atoms with Gasteiger partial charge in [-0.3, -0.25) is 4.79 Å². The van der Waals surface area contributed by atoms with Crippen molar-refractivity contribution in [2.24, 2.45) is 0 Å². The Balaban J connectivity index is 1.45. The van der Waals surface area contributed by atoms with Gasteiger partial charge in [0.1, 0.15) is 5.75 Å². The van der Waals surface area contributed by atoms with Gasteiger partial charge in [0.25, 0.3) is 5.91 Å². The van der Waals surface area contributed by atoms with Crippen LogP contribution in [0.5, 0.6) is 5.75 Å². The number of hydrogen-bond donors (Lipinski definition) is 4. The largest absolute Gasteiger partial charge is 0.508 e.